The van der Waals surface area contributed by atoms with Gasteiger partial charge in [0.15, 0.2) is 0 Å². The normalized spacial score (nSPS) is 19.6. The van der Waals surface area contributed by atoms with Crippen molar-refractivity contribution in [3.05, 3.63) is 65.7 Å². The molecule has 1 saturated heterocycles. The molecule has 1 aliphatic heterocycles. The molecule has 0 aliphatic carbocycles. The van der Waals surface area contributed by atoms with Crippen molar-refractivity contribution in [1.29, 1.82) is 0 Å². The zero-order valence-corrected chi connectivity index (χ0v) is 15.2. The van der Waals surface area contributed by atoms with Crippen LogP contribution in [0.2, 0.25) is 0 Å². The van der Waals surface area contributed by atoms with Crippen molar-refractivity contribution >= 4 is 12.4 Å². The number of halogens is 4. The highest BCUT2D eigenvalue weighted by molar-refractivity contribution is 5.85. The average Bonchev–Trinajstić information content (AvgIpc) is 2.63. The summed E-state index contributed by atoms with van der Waals surface area (Å²) in [5.41, 5.74) is -0.666. The van der Waals surface area contributed by atoms with E-state index in [4.69, 9.17) is 4.74 Å². The molecule has 0 saturated carbocycles. The van der Waals surface area contributed by atoms with Crippen molar-refractivity contribution in [3.8, 4) is 5.75 Å². The summed E-state index contributed by atoms with van der Waals surface area (Å²) < 4.78 is 48.0. The highest BCUT2D eigenvalue weighted by atomic mass is 35.5. The predicted molar refractivity (Wildman–Crippen MR) is 97.0 cm³/mol. The lowest BCUT2D eigenvalue weighted by Gasteiger charge is -2.39. The Bertz CT molecular complexity index is 724. The number of aliphatic hydroxyl groups is 1. The molecule has 2 atom stereocenters. The summed E-state index contributed by atoms with van der Waals surface area (Å²) in [5.74, 6) is -0.321. The first-order valence-corrected chi connectivity index (χ1v) is 8.32. The van der Waals surface area contributed by atoms with Crippen LogP contribution < -0.4 is 10.1 Å². The van der Waals surface area contributed by atoms with Crippen LogP contribution in [0.1, 0.15) is 11.1 Å². The van der Waals surface area contributed by atoms with Crippen molar-refractivity contribution in [2.75, 3.05) is 19.7 Å². The molecule has 0 aromatic heterocycles. The van der Waals surface area contributed by atoms with Crippen molar-refractivity contribution < 1.29 is 27.8 Å². The van der Waals surface area contributed by atoms with E-state index >= 15 is 0 Å². The predicted octanol–water partition coefficient (Wildman–Crippen LogP) is 3.43. The smallest absolute Gasteiger partial charge is 0.406 e. The molecule has 1 aliphatic rings. The van der Waals surface area contributed by atoms with Gasteiger partial charge >= 0.3 is 6.36 Å². The molecule has 27 heavy (non-hydrogen) atoms. The zero-order valence-electron chi connectivity index (χ0n) is 14.4. The van der Waals surface area contributed by atoms with E-state index in [1.165, 1.54) is 18.2 Å². The Balaban J connectivity index is 0.00000261. The number of hydrogen-bond donors (Lipinski definition) is 2. The Morgan fingerprint density at radius 3 is 2.37 bits per heavy atom. The maximum absolute atomic E-state index is 12.7. The van der Waals surface area contributed by atoms with Gasteiger partial charge in [0.2, 0.25) is 0 Å². The van der Waals surface area contributed by atoms with Crippen LogP contribution >= 0.6 is 12.4 Å². The Hall–Kier alpha value is -1.80. The molecule has 1 unspecified atom stereocenters. The number of alkyl halides is 3. The quantitative estimate of drug-likeness (QED) is 0.803. The minimum Gasteiger partial charge on any atom is -0.406 e. The second-order valence-corrected chi connectivity index (χ2v) is 6.19. The summed E-state index contributed by atoms with van der Waals surface area (Å²) in [5, 5.41) is 14.6. The third-order valence-corrected chi connectivity index (χ3v) is 4.39. The molecule has 0 radical (unpaired) electrons. The fourth-order valence-corrected chi connectivity index (χ4v) is 3.17. The third-order valence-electron chi connectivity index (χ3n) is 4.39. The van der Waals surface area contributed by atoms with Gasteiger partial charge in [-0.05, 0) is 17.2 Å². The SMILES string of the molecule is Cl.O[C@](Cc1ccccc1OC(F)(F)F)(c1ccccc1)C1CNCCO1. The molecule has 8 heteroatoms. The molecule has 2 N–H and O–H groups in total. The number of nitrogens with one attached hydrogen (secondary N) is 1. The Morgan fingerprint density at radius 2 is 1.74 bits per heavy atom. The molecule has 3 rings (SSSR count). The summed E-state index contributed by atoms with van der Waals surface area (Å²) in [4.78, 5) is 0. The third kappa shape index (κ3) is 5.35. The van der Waals surface area contributed by atoms with Crippen molar-refractivity contribution in [1.82, 2.24) is 5.32 Å². The van der Waals surface area contributed by atoms with Gasteiger partial charge in [0.25, 0.3) is 0 Å². The van der Waals surface area contributed by atoms with Gasteiger partial charge in [-0.3, -0.25) is 0 Å². The van der Waals surface area contributed by atoms with Gasteiger partial charge in [0, 0.05) is 19.5 Å². The van der Waals surface area contributed by atoms with Crippen LogP contribution in [0.3, 0.4) is 0 Å². The van der Waals surface area contributed by atoms with Crippen LogP contribution in [-0.4, -0.2) is 37.3 Å². The number of morpholine rings is 1. The van der Waals surface area contributed by atoms with E-state index in [9.17, 15) is 18.3 Å². The molecule has 2 aromatic carbocycles. The van der Waals surface area contributed by atoms with E-state index < -0.39 is 18.1 Å². The van der Waals surface area contributed by atoms with E-state index in [1.54, 1.807) is 30.3 Å². The first kappa shape index (κ1) is 21.5. The minimum atomic E-state index is -4.80. The van der Waals surface area contributed by atoms with Crippen LogP contribution in [-0.2, 0) is 16.8 Å². The molecule has 1 heterocycles. The van der Waals surface area contributed by atoms with E-state index in [-0.39, 0.29) is 30.1 Å². The van der Waals surface area contributed by atoms with Gasteiger partial charge in [-0.25, -0.2) is 0 Å². The summed E-state index contributed by atoms with van der Waals surface area (Å²) in [6, 6.07) is 14.7. The lowest BCUT2D eigenvalue weighted by molar-refractivity contribution is -0.275. The Morgan fingerprint density at radius 1 is 1.07 bits per heavy atom. The van der Waals surface area contributed by atoms with Crippen LogP contribution in [0.5, 0.6) is 5.75 Å². The van der Waals surface area contributed by atoms with Gasteiger partial charge in [0.1, 0.15) is 17.5 Å². The highest BCUT2D eigenvalue weighted by Crippen LogP contribution is 2.36. The Labute approximate surface area is 161 Å². The molecule has 2 aromatic rings. The largest absolute Gasteiger partial charge is 0.573 e. The van der Waals surface area contributed by atoms with Crippen LogP contribution in [0.25, 0.3) is 0 Å². The fourth-order valence-electron chi connectivity index (χ4n) is 3.17. The molecule has 0 spiro atoms. The van der Waals surface area contributed by atoms with Crippen molar-refractivity contribution in [3.63, 3.8) is 0 Å². The second-order valence-electron chi connectivity index (χ2n) is 6.19. The van der Waals surface area contributed by atoms with E-state index in [0.717, 1.165) is 0 Å². The van der Waals surface area contributed by atoms with Crippen LogP contribution in [0.15, 0.2) is 54.6 Å². The van der Waals surface area contributed by atoms with E-state index in [1.807, 2.05) is 6.07 Å². The van der Waals surface area contributed by atoms with Crippen molar-refractivity contribution in [2.45, 2.75) is 24.5 Å². The summed E-state index contributed by atoms with van der Waals surface area (Å²) in [6.45, 7) is 1.48. The summed E-state index contributed by atoms with van der Waals surface area (Å²) in [6.07, 6.45) is -5.47. The number of rotatable bonds is 5. The van der Waals surface area contributed by atoms with Gasteiger partial charge in [-0.15, -0.1) is 25.6 Å². The summed E-state index contributed by atoms with van der Waals surface area (Å²) in [7, 11) is 0. The average molecular weight is 404 g/mol. The summed E-state index contributed by atoms with van der Waals surface area (Å²) >= 11 is 0. The second kappa shape index (κ2) is 8.93. The van der Waals surface area contributed by atoms with Gasteiger partial charge in [-0.1, -0.05) is 48.5 Å². The first-order chi connectivity index (χ1) is 12.4. The van der Waals surface area contributed by atoms with Gasteiger partial charge < -0.3 is 19.9 Å². The van der Waals surface area contributed by atoms with Crippen LogP contribution in [0, 0.1) is 0 Å². The Kier molecular flexibility index (Phi) is 7.11. The lowest BCUT2D eigenvalue weighted by atomic mass is 9.81. The standard InChI is InChI=1S/C19H20F3NO3.ClH/c20-19(21,22)26-16-9-5-4-6-14(16)12-18(24,15-7-2-1-3-8-15)17-13-23-10-11-25-17;/h1-9,17,23-24H,10-13H2;1H/t17?,18-;/m1./s1. The topological polar surface area (TPSA) is 50.7 Å². The van der Waals surface area contributed by atoms with Gasteiger partial charge in [-0.2, -0.15) is 0 Å². The molecule has 0 amide bonds. The molecule has 0 bridgehead atoms. The monoisotopic (exact) mass is 403 g/mol. The van der Waals surface area contributed by atoms with E-state index in [2.05, 4.69) is 10.1 Å². The molecular weight excluding hydrogens is 383 g/mol. The molecule has 1 fully saturated rings. The number of benzene rings is 2. The maximum atomic E-state index is 12.7. The van der Waals surface area contributed by atoms with Crippen LogP contribution in [0.4, 0.5) is 13.2 Å². The van der Waals surface area contributed by atoms with E-state index in [0.29, 0.717) is 25.3 Å². The lowest BCUT2D eigenvalue weighted by Crippen LogP contribution is -2.52. The number of ether oxygens (including phenoxy) is 2. The molecule has 4 nitrogen and oxygen atoms in total. The molecular formula is C19H21ClF3NO3. The van der Waals surface area contributed by atoms with Gasteiger partial charge in [0.05, 0.1) is 6.61 Å². The number of para-hydroxylation sites is 1. The molecule has 148 valence electrons. The zero-order chi connectivity index (χ0) is 18.6. The maximum Gasteiger partial charge on any atom is 0.573 e. The fraction of sp³-hybridized carbons (Fsp3) is 0.368. The highest BCUT2D eigenvalue weighted by Gasteiger charge is 2.41. The first-order valence-electron chi connectivity index (χ1n) is 8.32. The minimum absolute atomic E-state index is 0. The number of hydrogen-bond acceptors (Lipinski definition) is 4. The van der Waals surface area contributed by atoms with Crippen molar-refractivity contribution in [2.24, 2.45) is 0 Å².